The maximum absolute atomic E-state index is 11.7. The Morgan fingerprint density at radius 2 is 2.18 bits per heavy atom. The van der Waals surface area contributed by atoms with Crippen molar-refractivity contribution in [1.82, 2.24) is 0 Å². The van der Waals surface area contributed by atoms with Gasteiger partial charge in [-0.15, -0.1) is 0 Å². The summed E-state index contributed by atoms with van der Waals surface area (Å²) in [6.07, 6.45) is 7.26. The molecule has 17 heavy (non-hydrogen) atoms. The first-order valence-electron chi connectivity index (χ1n) is 5.96. The molecule has 0 heterocycles. The van der Waals surface area contributed by atoms with Crippen LogP contribution in [0.2, 0.25) is 0 Å². The molecule has 0 aromatic carbocycles. The minimum absolute atomic E-state index is 0.329. The molecule has 4 heteroatoms. The second-order valence-electron chi connectivity index (χ2n) is 4.38. The van der Waals surface area contributed by atoms with Crippen LogP contribution >= 0.6 is 0 Å². The Bertz CT molecular complexity index is 328. The Kier molecular flexibility index (Phi) is 4.90. The quantitative estimate of drug-likeness (QED) is 0.434. The van der Waals surface area contributed by atoms with Crippen LogP contribution in [-0.4, -0.2) is 28.6 Å². The van der Waals surface area contributed by atoms with Gasteiger partial charge in [-0.1, -0.05) is 37.5 Å². The van der Waals surface area contributed by atoms with Crippen molar-refractivity contribution < 1.29 is 19.7 Å². The number of esters is 1. The first-order valence-corrected chi connectivity index (χ1v) is 5.96. The van der Waals surface area contributed by atoms with Gasteiger partial charge in [0.15, 0.2) is 0 Å². The first-order chi connectivity index (χ1) is 7.97. The molecule has 1 aliphatic rings. The molecule has 0 fully saturated rings. The third-order valence-corrected chi connectivity index (χ3v) is 2.70. The topological polar surface area (TPSA) is 66.8 Å². The zero-order valence-corrected chi connectivity index (χ0v) is 10.3. The highest BCUT2D eigenvalue weighted by Gasteiger charge is 2.39. The highest BCUT2D eigenvalue weighted by atomic mass is 16.5. The number of hydrogen-bond donors (Lipinski definition) is 2. The number of allylic oxidation sites excluding steroid dienone is 2. The van der Waals surface area contributed by atoms with Crippen molar-refractivity contribution in [1.29, 1.82) is 0 Å². The monoisotopic (exact) mass is 240 g/mol. The zero-order valence-electron chi connectivity index (χ0n) is 10.3. The van der Waals surface area contributed by atoms with Crippen molar-refractivity contribution in [2.24, 2.45) is 5.92 Å². The third kappa shape index (κ3) is 3.98. The van der Waals surface area contributed by atoms with Crippen LogP contribution in [0.25, 0.3) is 0 Å². The van der Waals surface area contributed by atoms with E-state index in [2.05, 4.69) is 6.92 Å². The van der Waals surface area contributed by atoms with E-state index in [1.54, 1.807) is 13.0 Å². The van der Waals surface area contributed by atoms with E-state index >= 15 is 0 Å². The van der Waals surface area contributed by atoms with Crippen molar-refractivity contribution in [2.45, 2.75) is 38.9 Å². The summed E-state index contributed by atoms with van der Waals surface area (Å²) in [4.78, 5) is 11.7. The molecule has 1 aliphatic carbocycles. The minimum atomic E-state index is -2.14. The van der Waals surface area contributed by atoms with E-state index in [9.17, 15) is 15.0 Å². The number of ether oxygens (including phenoxy) is 1. The van der Waals surface area contributed by atoms with Crippen LogP contribution in [-0.2, 0) is 9.53 Å². The summed E-state index contributed by atoms with van der Waals surface area (Å²) in [6.45, 7) is 4.13. The van der Waals surface area contributed by atoms with Gasteiger partial charge in [-0.3, -0.25) is 4.79 Å². The Labute approximate surface area is 102 Å². The predicted molar refractivity (Wildman–Crippen MR) is 64.0 cm³/mol. The molecule has 1 atom stereocenters. The molecular weight excluding hydrogens is 220 g/mol. The fourth-order valence-corrected chi connectivity index (χ4v) is 1.73. The Balaban J connectivity index is 2.50. The van der Waals surface area contributed by atoms with Gasteiger partial charge in [0.05, 0.1) is 6.61 Å². The van der Waals surface area contributed by atoms with Crippen LogP contribution in [0, 0.1) is 5.92 Å². The van der Waals surface area contributed by atoms with E-state index in [-0.39, 0.29) is 0 Å². The van der Waals surface area contributed by atoms with Crippen molar-refractivity contribution in [2.75, 3.05) is 6.61 Å². The molecule has 1 rings (SSSR count). The maximum Gasteiger partial charge on any atom is 0.318 e. The van der Waals surface area contributed by atoms with Gasteiger partial charge in [-0.25, -0.2) is 0 Å². The van der Waals surface area contributed by atoms with Gasteiger partial charge in [0.1, 0.15) is 5.92 Å². The van der Waals surface area contributed by atoms with Crippen LogP contribution < -0.4 is 0 Å². The highest BCUT2D eigenvalue weighted by Crippen LogP contribution is 2.26. The molecule has 1 unspecified atom stereocenters. The molecule has 0 aromatic heterocycles. The van der Waals surface area contributed by atoms with Gasteiger partial charge in [-0.05, 0) is 19.4 Å². The molecule has 0 amide bonds. The van der Waals surface area contributed by atoms with Gasteiger partial charge in [0, 0.05) is 0 Å². The van der Waals surface area contributed by atoms with Crippen LogP contribution in [0.4, 0.5) is 0 Å². The SMILES string of the molecule is CCCCCOC(=O)C1C=CC(C)=CC1(O)O. The fraction of sp³-hybridized carbons (Fsp3) is 0.615. The van der Waals surface area contributed by atoms with E-state index in [1.807, 2.05) is 0 Å². The summed E-state index contributed by atoms with van der Waals surface area (Å²) in [5.74, 6) is -3.76. The summed E-state index contributed by atoms with van der Waals surface area (Å²) < 4.78 is 5.01. The second kappa shape index (κ2) is 5.98. The Hall–Kier alpha value is -1.13. The van der Waals surface area contributed by atoms with Gasteiger partial charge < -0.3 is 14.9 Å². The van der Waals surface area contributed by atoms with E-state index < -0.39 is 17.7 Å². The van der Waals surface area contributed by atoms with Gasteiger partial charge in [0.25, 0.3) is 0 Å². The number of rotatable bonds is 5. The molecule has 2 N–H and O–H groups in total. The number of aliphatic hydroxyl groups is 2. The number of carbonyl (C=O) groups excluding carboxylic acids is 1. The molecule has 0 aromatic rings. The normalized spacial score (nSPS) is 22.1. The molecule has 4 nitrogen and oxygen atoms in total. The van der Waals surface area contributed by atoms with Crippen molar-refractivity contribution in [3.05, 3.63) is 23.8 Å². The summed E-state index contributed by atoms with van der Waals surface area (Å²) in [5, 5.41) is 19.4. The van der Waals surface area contributed by atoms with Gasteiger partial charge >= 0.3 is 5.97 Å². The van der Waals surface area contributed by atoms with Gasteiger partial charge in [-0.2, -0.15) is 0 Å². The van der Waals surface area contributed by atoms with Crippen molar-refractivity contribution in [3.63, 3.8) is 0 Å². The molecule has 0 aliphatic heterocycles. The summed E-state index contributed by atoms with van der Waals surface area (Å²) >= 11 is 0. The number of hydrogen-bond acceptors (Lipinski definition) is 4. The lowest BCUT2D eigenvalue weighted by Gasteiger charge is -2.27. The summed E-state index contributed by atoms with van der Waals surface area (Å²) in [5.41, 5.74) is 0.713. The molecular formula is C13H20O4. The molecule has 0 saturated heterocycles. The zero-order chi connectivity index (χ0) is 12.9. The summed E-state index contributed by atoms with van der Waals surface area (Å²) in [7, 11) is 0. The molecule has 0 bridgehead atoms. The summed E-state index contributed by atoms with van der Waals surface area (Å²) in [6, 6.07) is 0. The molecule has 0 saturated carbocycles. The largest absolute Gasteiger partial charge is 0.465 e. The highest BCUT2D eigenvalue weighted by molar-refractivity contribution is 5.76. The van der Waals surface area contributed by atoms with Crippen LogP contribution in [0.5, 0.6) is 0 Å². The molecule has 0 spiro atoms. The van der Waals surface area contributed by atoms with Crippen LogP contribution in [0.3, 0.4) is 0 Å². The maximum atomic E-state index is 11.7. The standard InChI is InChI=1S/C13H20O4/c1-3-4-5-8-17-12(14)11-7-6-10(2)9-13(11,15)16/h6-7,9,11,15-16H,3-5,8H2,1-2H3. The van der Waals surface area contributed by atoms with E-state index in [0.29, 0.717) is 12.2 Å². The van der Waals surface area contributed by atoms with Crippen molar-refractivity contribution in [3.8, 4) is 0 Å². The van der Waals surface area contributed by atoms with Gasteiger partial charge in [0.2, 0.25) is 5.79 Å². The minimum Gasteiger partial charge on any atom is -0.465 e. The third-order valence-electron chi connectivity index (χ3n) is 2.70. The lowest BCUT2D eigenvalue weighted by Crippen LogP contribution is -2.42. The number of carbonyl (C=O) groups is 1. The predicted octanol–water partition coefficient (Wildman–Crippen LogP) is 1.53. The van der Waals surface area contributed by atoms with E-state index in [1.165, 1.54) is 12.2 Å². The smallest absolute Gasteiger partial charge is 0.318 e. The molecule has 96 valence electrons. The Morgan fingerprint density at radius 3 is 2.76 bits per heavy atom. The van der Waals surface area contributed by atoms with E-state index in [0.717, 1.165) is 19.3 Å². The lowest BCUT2D eigenvalue weighted by molar-refractivity contribution is -0.181. The van der Waals surface area contributed by atoms with E-state index in [4.69, 9.17) is 4.74 Å². The second-order valence-corrected chi connectivity index (χ2v) is 4.38. The Morgan fingerprint density at radius 1 is 1.47 bits per heavy atom. The first kappa shape index (κ1) is 13.9. The molecule has 0 radical (unpaired) electrons. The van der Waals surface area contributed by atoms with Crippen LogP contribution in [0.15, 0.2) is 23.8 Å². The lowest BCUT2D eigenvalue weighted by atomic mass is 9.91. The fourth-order valence-electron chi connectivity index (χ4n) is 1.73. The average molecular weight is 240 g/mol. The van der Waals surface area contributed by atoms with Crippen molar-refractivity contribution >= 4 is 5.97 Å². The number of unbranched alkanes of at least 4 members (excludes halogenated alkanes) is 2. The van der Waals surface area contributed by atoms with Crippen LogP contribution in [0.1, 0.15) is 33.1 Å². The average Bonchev–Trinajstić information content (AvgIpc) is 2.22.